The molecule has 7 heteroatoms. The molecule has 4 rings (SSSR count). The lowest BCUT2D eigenvalue weighted by Crippen LogP contribution is -2.47. The smallest absolute Gasteiger partial charge is 0.308 e. The summed E-state index contributed by atoms with van der Waals surface area (Å²) in [6, 6.07) is 20.1. The lowest BCUT2D eigenvalue weighted by molar-refractivity contribution is -0.119. The van der Waals surface area contributed by atoms with Crippen molar-refractivity contribution in [1.29, 1.82) is 0 Å². The highest BCUT2D eigenvalue weighted by Crippen LogP contribution is 2.25. The van der Waals surface area contributed by atoms with Crippen LogP contribution in [0.4, 0.5) is 16.3 Å². The van der Waals surface area contributed by atoms with Crippen molar-refractivity contribution in [2.45, 2.75) is 13.1 Å². The molecule has 2 heterocycles. The Bertz CT molecular complexity index is 1130. The maximum absolute atomic E-state index is 13.1. The number of benzene rings is 2. The molecule has 3 amide bonds. The Kier molecular flexibility index (Phi) is 5.26. The van der Waals surface area contributed by atoms with E-state index in [1.807, 2.05) is 61.5 Å². The molecule has 150 valence electrons. The number of aliphatic imine (C=N–C) groups is 1. The number of nitrogens with zero attached hydrogens (tertiary/aromatic N) is 3. The second-order valence-electron chi connectivity index (χ2n) is 6.99. The number of aryl methyl sites for hydroxylation is 1. The van der Waals surface area contributed by atoms with E-state index in [1.54, 1.807) is 25.4 Å². The molecule has 0 saturated carbocycles. The number of urea groups is 1. The van der Waals surface area contributed by atoms with Gasteiger partial charge in [-0.2, -0.15) is 0 Å². The molecule has 1 aromatic heterocycles. The van der Waals surface area contributed by atoms with Gasteiger partial charge in [-0.25, -0.2) is 14.8 Å². The van der Waals surface area contributed by atoms with Gasteiger partial charge in [0.05, 0.1) is 5.71 Å². The molecule has 0 spiro atoms. The number of likely N-dealkylation sites (N-methyl/N-ethyl adjacent to an activating group) is 1. The molecule has 0 saturated heterocycles. The monoisotopic (exact) mass is 399 g/mol. The first-order valence-corrected chi connectivity index (χ1v) is 9.53. The highest BCUT2D eigenvalue weighted by Gasteiger charge is 2.31. The van der Waals surface area contributed by atoms with Gasteiger partial charge >= 0.3 is 6.03 Å². The summed E-state index contributed by atoms with van der Waals surface area (Å²) in [4.78, 5) is 36.1. The minimum absolute atomic E-state index is 0.375. The average Bonchev–Trinajstić information content (AvgIpc) is 2.85. The zero-order valence-corrected chi connectivity index (χ0v) is 16.7. The Morgan fingerprint density at radius 2 is 1.83 bits per heavy atom. The Balaban J connectivity index is 1.69. The first-order valence-electron chi connectivity index (χ1n) is 9.53. The predicted octanol–water partition coefficient (Wildman–Crippen LogP) is 3.35. The molecule has 0 unspecified atom stereocenters. The van der Waals surface area contributed by atoms with Crippen molar-refractivity contribution in [1.82, 2.24) is 10.3 Å². The lowest BCUT2D eigenvalue weighted by atomic mass is 10.0. The van der Waals surface area contributed by atoms with Gasteiger partial charge in [-0.1, -0.05) is 42.5 Å². The van der Waals surface area contributed by atoms with Crippen molar-refractivity contribution in [2.75, 3.05) is 17.3 Å². The van der Waals surface area contributed by atoms with Crippen LogP contribution in [0.25, 0.3) is 0 Å². The van der Waals surface area contributed by atoms with Crippen molar-refractivity contribution in [3.8, 4) is 0 Å². The van der Waals surface area contributed by atoms with Crippen LogP contribution in [0.1, 0.15) is 16.7 Å². The first-order chi connectivity index (χ1) is 14.5. The zero-order chi connectivity index (χ0) is 21.1. The Morgan fingerprint density at radius 3 is 2.60 bits per heavy atom. The summed E-state index contributed by atoms with van der Waals surface area (Å²) < 4.78 is 0. The van der Waals surface area contributed by atoms with Crippen molar-refractivity contribution in [3.05, 3.63) is 89.6 Å². The van der Waals surface area contributed by atoms with Crippen molar-refractivity contribution < 1.29 is 9.59 Å². The molecular weight excluding hydrogens is 378 g/mol. The fraction of sp³-hybridized carbons (Fsp3) is 0.130. The number of carbonyl (C=O) groups excluding carboxylic acids is 2. The summed E-state index contributed by atoms with van der Waals surface area (Å²) in [6.45, 7) is 1.94. The van der Waals surface area contributed by atoms with Crippen LogP contribution in [0.5, 0.6) is 0 Å². The Hall–Kier alpha value is -4.00. The number of nitrogens with one attached hydrogen (secondary N) is 2. The van der Waals surface area contributed by atoms with Crippen molar-refractivity contribution in [2.24, 2.45) is 4.99 Å². The van der Waals surface area contributed by atoms with Crippen LogP contribution in [0.15, 0.2) is 77.9 Å². The maximum atomic E-state index is 13.1. The van der Waals surface area contributed by atoms with E-state index in [1.165, 1.54) is 4.90 Å². The van der Waals surface area contributed by atoms with E-state index in [9.17, 15) is 9.59 Å². The molecule has 30 heavy (non-hydrogen) atoms. The fourth-order valence-electron chi connectivity index (χ4n) is 3.32. The van der Waals surface area contributed by atoms with Crippen molar-refractivity contribution in [3.63, 3.8) is 0 Å². The minimum atomic E-state index is -1.09. The molecule has 1 aliphatic heterocycles. The molecule has 0 aliphatic carbocycles. The minimum Gasteiger partial charge on any atom is -0.308 e. The number of amides is 3. The van der Waals surface area contributed by atoms with Crippen LogP contribution >= 0.6 is 0 Å². The third kappa shape index (κ3) is 3.91. The van der Waals surface area contributed by atoms with Gasteiger partial charge in [-0.05, 0) is 36.8 Å². The molecule has 2 N–H and O–H groups in total. The van der Waals surface area contributed by atoms with Crippen LogP contribution in [0.3, 0.4) is 0 Å². The summed E-state index contributed by atoms with van der Waals surface area (Å²) >= 11 is 0. The van der Waals surface area contributed by atoms with E-state index >= 15 is 0 Å². The highest BCUT2D eigenvalue weighted by atomic mass is 16.2. The number of hydrogen-bond acceptors (Lipinski definition) is 4. The standard InChI is InChI=1S/C23H21N5O2/c1-15-8-6-11-17(14-15)25-23(30)27-20-22(29)28(2)21-18(12-7-13-24-21)19(26-20)16-9-4-3-5-10-16/h3-14,20H,1-2H3,(H2,25,27,30)/t20-/m0/s1. The van der Waals surface area contributed by atoms with E-state index in [0.29, 0.717) is 17.2 Å². The average molecular weight is 399 g/mol. The molecule has 0 bridgehead atoms. The zero-order valence-electron chi connectivity index (χ0n) is 16.7. The molecular formula is C23H21N5O2. The predicted molar refractivity (Wildman–Crippen MR) is 117 cm³/mol. The number of hydrogen-bond donors (Lipinski definition) is 2. The van der Waals surface area contributed by atoms with E-state index < -0.39 is 12.2 Å². The summed E-state index contributed by atoms with van der Waals surface area (Å²) in [5.74, 6) is 0.119. The SMILES string of the molecule is Cc1cccc(NC(=O)N[C@@H]2N=C(c3ccccc3)c3cccnc3N(C)C2=O)c1. The molecule has 1 atom stereocenters. The fourth-order valence-corrected chi connectivity index (χ4v) is 3.32. The van der Waals surface area contributed by atoms with Gasteiger partial charge in [-0.15, -0.1) is 0 Å². The van der Waals surface area contributed by atoms with E-state index in [0.717, 1.165) is 16.7 Å². The number of fused-ring (bicyclic) bond motifs is 1. The molecule has 3 aromatic rings. The second-order valence-corrected chi connectivity index (χ2v) is 6.99. The summed E-state index contributed by atoms with van der Waals surface area (Å²) in [6.07, 6.45) is 0.535. The highest BCUT2D eigenvalue weighted by molar-refractivity contribution is 6.19. The third-order valence-electron chi connectivity index (χ3n) is 4.77. The van der Waals surface area contributed by atoms with E-state index in [-0.39, 0.29) is 5.91 Å². The van der Waals surface area contributed by atoms with Crippen LogP contribution < -0.4 is 15.5 Å². The first kappa shape index (κ1) is 19.3. The van der Waals surface area contributed by atoms with Crippen LogP contribution in [0, 0.1) is 6.92 Å². The van der Waals surface area contributed by atoms with E-state index in [4.69, 9.17) is 0 Å². The Morgan fingerprint density at radius 1 is 1.03 bits per heavy atom. The molecule has 0 radical (unpaired) electrons. The van der Waals surface area contributed by atoms with Gasteiger partial charge in [0.1, 0.15) is 5.82 Å². The number of pyridine rings is 1. The normalized spacial score (nSPS) is 15.7. The molecule has 1 aliphatic rings. The van der Waals surface area contributed by atoms with Crippen LogP contribution in [0.2, 0.25) is 0 Å². The number of rotatable bonds is 3. The van der Waals surface area contributed by atoms with Crippen molar-refractivity contribution >= 4 is 29.2 Å². The second kappa shape index (κ2) is 8.16. The Labute approximate surface area is 174 Å². The van der Waals surface area contributed by atoms with Gasteiger partial charge in [0.2, 0.25) is 6.17 Å². The summed E-state index contributed by atoms with van der Waals surface area (Å²) in [7, 11) is 1.63. The lowest BCUT2D eigenvalue weighted by Gasteiger charge is -2.20. The van der Waals surface area contributed by atoms with Gasteiger partial charge < -0.3 is 10.6 Å². The third-order valence-corrected chi connectivity index (χ3v) is 4.77. The maximum Gasteiger partial charge on any atom is 0.321 e. The molecule has 0 fully saturated rings. The number of carbonyl (C=O) groups is 2. The van der Waals surface area contributed by atoms with Crippen LogP contribution in [-0.4, -0.2) is 35.8 Å². The topological polar surface area (TPSA) is 86.7 Å². The summed E-state index contributed by atoms with van der Waals surface area (Å²) in [5, 5.41) is 5.44. The van der Waals surface area contributed by atoms with Gasteiger partial charge in [-0.3, -0.25) is 9.69 Å². The summed E-state index contributed by atoms with van der Waals surface area (Å²) in [5.41, 5.74) is 3.81. The van der Waals surface area contributed by atoms with Gasteiger partial charge in [0, 0.05) is 30.1 Å². The van der Waals surface area contributed by atoms with Crippen LogP contribution in [-0.2, 0) is 4.79 Å². The quantitative estimate of drug-likeness (QED) is 0.708. The molecule has 2 aromatic carbocycles. The number of anilines is 2. The number of aromatic nitrogens is 1. The van der Waals surface area contributed by atoms with Gasteiger partial charge in [0.25, 0.3) is 5.91 Å². The molecule has 7 nitrogen and oxygen atoms in total. The largest absolute Gasteiger partial charge is 0.321 e. The van der Waals surface area contributed by atoms with E-state index in [2.05, 4.69) is 20.6 Å². The van der Waals surface area contributed by atoms with Gasteiger partial charge in [0.15, 0.2) is 0 Å².